The summed E-state index contributed by atoms with van der Waals surface area (Å²) in [6.07, 6.45) is 1.27. The van der Waals surface area contributed by atoms with E-state index < -0.39 is 17.3 Å². The van der Waals surface area contributed by atoms with Gasteiger partial charge >= 0.3 is 0 Å². The minimum absolute atomic E-state index is 0.00872. The molecule has 0 fully saturated rings. The topological polar surface area (TPSA) is 102 Å². The lowest BCUT2D eigenvalue weighted by molar-refractivity contribution is -0.114. The van der Waals surface area contributed by atoms with Gasteiger partial charge in [0.2, 0.25) is 5.88 Å². The molecule has 7 nitrogen and oxygen atoms in total. The molecule has 1 aliphatic rings. The number of aromatic amines is 2. The number of hydrazone groups is 1. The molecule has 1 aliphatic heterocycles. The van der Waals surface area contributed by atoms with E-state index in [0.717, 1.165) is 0 Å². The number of carbonyl (C=O) groups excluding carboxylic acids is 1. The highest BCUT2D eigenvalue weighted by Gasteiger charge is 2.29. The maximum Gasteiger partial charge on any atom is 0.280 e. The van der Waals surface area contributed by atoms with Crippen LogP contribution in [0.4, 0.5) is 5.69 Å². The van der Waals surface area contributed by atoms with Crippen LogP contribution < -0.4 is 10.6 Å². The number of carbonyl (C=O) groups is 1. The van der Waals surface area contributed by atoms with Crippen molar-refractivity contribution in [1.29, 1.82) is 0 Å². The summed E-state index contributed by atoms with van der Waals surface area (Å²) in [6, 6.07) is 6.60. The van der Waals surface area contributed by atoms with Gasteiger partial charge in [-0.05, 0) is 49.5 Å². The van der Waals surface area contributed by atoms with Crippen molar-refractivity contribution >= 4 is 47.2 Å². The molecule has 0 aliphatic carbocycles. The van der Waals surface area contributed by atoms with E-state index in [1.54, 1.807) is 31.2 Å². The molecule has 1 amide bonds. The third-order valence-corrected chi connectivity index (χ3v) is 3.84. The molecule has 122 valence electrons. The van der Waals surface area contributed by atoms with Crippen LogP contribution in [0.1, 0.15) is 12.5 Å². The number of rotatable bonds is 2. The summed E-state index contributed by atoms with van der Waals surface area (Å²) < 4.78 is -0.00872. The molecule has 0 bridgehead atoms. The summed E-state index contributed by atoms with van der Waals surface area (Å²) in [7, 11) is 0. The monoisotopic (exact) mass is 362 g/mol. The van der Waals surface area contributed by atoms with Gasteiger partial charge in [0.05, 0.1) is 17.0 Å². The lowest BCUT2D eigenvalue weighted by atomic mass is 10.1. The van der Waals surface area contributed by atoms with E-state index in [0.29, 0.717) is 16.4 Å². The van der Waals surface area contributed by atoms with Crippen LogP contribution in [0.3, 0.4) is 0 Å². The fourth-order valence-corrected chi connectivity index (χ4v) is 2.52. The van der Waals surface area contributed by atoms with Crippen molar-refractivity contribution in [2.24, 2.45) is 5.10 Å². The van der Waals surface area contributed by atoms with Crippen LogP contribution >= 0.6 is 23.8 Å². The zero-order valence-corrected chi connectivity index (χ0v) is 13.9. The number of nitrogens with one attached hydrogen (secondary N) is 2. The lowest BCUT2D eigenvalue weighted by Crippen LogP contribution is -2.21. The van der Waals surface area contributed by atoms with Gasteiger partial charge in [-0.15, -0.1) is 0 Å². The van der Waals surface area contributed by atoms with Gasteiger partial charge in [-0.3, -0.25) is 14.6 Å². The SMILES string of the molecule is CC1=NN(c2ccc(Cl)cc2)C(=O)/C1=C\c1c(O)[nH]c(=S)[nH]c1=O. The second-order valence-corrected chi connectivity index (χ2v) is 5.85. The Hall–Kier alpha value is -2.71. The fourth-order valence-electron chi connectivity index (χ4n) is 2.20. The second-order valence-electron chi connectivity index (χ2n) is 5.01. The molecule has 2 heterocycles. The molecule has 0 radical (unpaired) electrons. The lowest BCUT2D eigenvalue weighted by Gasteiger charge is -2.11. The largest absolute Gasteiger partial charge is 0.494 e. The number of hydrogen-bond donors (Lipinski definition) is 3. The number of amides is 1. The average molecular weight is 363 g/mol. The molecule has 1 aromatic heterocycles. The van der Waals surface area contributed by atoms with Crippen LogP contribution in [0.5, 0.6) is 5.88 Å². The number of aromatic hydroxyl groups is 1. The van der Waals surface area contributed by atoms with E-state index in [-0.39, 0.29) is 15.9 Å². The van der Waals surface area contributed by atoms with Crippen molar-refractivity contribution in [1.82, 2.24) is 9.97 Å². The zero-order chi connectivity index (χ0) is 17.4. The highest BCUT2D eigenvalue weighted by atomic mass is 35.5. The van der Waals surface area contributed by atoms with Gasteiger partial charge in [0.25, 0.3) is 11.5 Å². The number of nitrogens with zero attached hydrogens (tertiary/aromatic N) is 2. The molecule has 0 saturated heterocycles. The Bertz CT molecular complexity index is 1000. The van der Waals surface area contributed by atoms with E-state index in [4.69, 9.17) is 23.8 Å². The maximum absolute atomic E-state index is 12.6. The van der Waals surface area contributed by atoms with Crippen LogP contribution in [0.25, 0.3) is 6.08 Å². The Morgan fingerprint density at radius 1 is 1.25 bits per heavy atom. The van der Waals surface area contributed by atoms with E-state index in [2.05, 4.69) is 15.1 Å². The van der Waals surface area contributed by atoms with Gasteiger partial charge in [0.1, 0.15) is 5.56 Å². The molecular weight excluding hydrogens is 352 g/mol. The molecule has 0 unspecified atom stereocenters. The molecule has 1 aromatic carbocycles. The van der Waals surface area contributed by atoms with Crippen LogP contribution in [-0.4, -0.2) is 26.7 Å². The van der Waals surface area contributed by atoms with Crippen molar-refractivity contribution in [3.05, 3.63) is 55.5 Å². The van der Waals surface area contributed by atoms with Crippen molar-refractivity contribution < 1.29 is 9.90 Å². The summed E-state index contributed by atoms with van der Waals surface area (Å²) in [5.41, 5.74) is 0.443. The summed E-state index contributed by atoms with van der Waals surface area (Å²) >= 11 is 10.6. The smallest absolute Gasteiger partial charge is 0.280 e. The van der Waals surface area contributed by atoms with Gasteiger partial charge in [0, 0.05) is 5.02 Å². The first kappa shape index (κ1) is 16.2. The van der Waals surface area contributed by atoms with Crippen LogP contribution in [0.2, 0.25) is 5.02 Å². The van der Waals surface area contributed by atoms with Gasteiger partial charge in [-0.1, -0.05) is 11.6 Å². The molecule has 0 saturated carbocycles. The zero-order valence-electron chi connectivity index (χ0n) is 12.3. The predicted molar refractivity (Wildman–Crippen MR) is 93.9 cm³/mol. The van der Waals surface area contributed by atoms with Gasteiger partial charge in [-0.25, -0.2) is 0 Å². The molecule has 0 atom stereocenters. The third-order valence-electron chi connectivity index (χ3n) is 3.38. The molecular formula is C15H11ClN4O3S. The third kappa shape index (κ3) is 2.89. The van der Waals surface area contributed by atoms with E-state index in [9.17, 15) is 14.7 Å². The van der Waals surface area contributed by atoms with Crippen molar-refractivity contribution in [3.8, 4) is 5.88 Å². The predicted octanol–water partition coefficient (Wildman–Crippen LogP) is 2.60. The number of H-pyrrole nitrogens is 2. The van der Waals surface area contributed by atoms with Gasteiger partial charge in [0.15, 0.2) is 4.77 Å². The fraction of sp³-hybridized carbons (Fsp3) is 0.0667. The summed E-state index contributed by atoms with van der Waals surface area (Å²) in [4.78, 5) is 29.3. The molecule has 2 aromatic rings. The summed E-state index contributed by atoms with van der Waals surface area (Å²) in [5, 5.41) is 15.8. The standard InChI is InChI=1S/C15H11ClN4O3S/c1-7-10(6-11-12(21)17-15(24)18-13(11)22)14(23)20(19-7)9-4-2-8(16)3-5-9/h2-6H,1H3,(H3,17,18,21,22,24)/b10-6-. The maximum atomic E-state index is 12.6. The van der Waals surface area contributed by atoms with Crippen LogP contribution in [-0.2, 0) is 4.79 Å². The van der Waals surface area contributed by atoms with Crippen LogP contribution in [0, 0.1) is 4.77 Å². The Morgan fingerprint density at radius 3 is 2.54 bits per heavy atom. The van der Waals surface area contributed by atoms with Crippen molar-refractivity contribution in [2.75, 3.05) is 5.01 Å². The average Bonchev–Trinajstić information content (AvgIpc) is 2.79. The minimum atomic E-state index is -0.603. The Kier molecular flexibility index (Phi) is 4.08. The first-order valence-electron chi connectivity index (χ1n) is 6.79. The molecule has 3 rings (SSSR count). The number of benzene rings is 1. The van der Waals surface area contributed by atoms with Gasteiger partial charge in [-0.2, -0.15) is 10.1 Å². The molecule has 24 heavy (non-hydrogen) atoms. The summed E-state index contributed by atoms with van der Waals surface area (Å²) in [5.74, 6) is -0.835. The second kappa shape index (κ2) is 6.06. The normalized spacial score (nSPS) is 15.9. The summed E-state index contributed by atoms with van der Waals surface area (Å²) in [6.45, 7) is 1.63. The molecule has 0 spiro atoms. The first-order valence-corrected chi connectivity index (χ1v) is 7.58. The number of anilines is 1. The van der Waals surface area contributed by atoms with Crippen LogP contribution in [0.15, 0.2) is 39.7 Å². The van der Waals surface area contributed by atoms with Crippen molar-refractivity contribution in [2.45, 2.75) is 6.92 Å². The minimum Gasteiger partial charge on any atom is -0.494 e. The highest BCUT2D eigenvalue weighted by molar-refractivity contribution is 7.71. The number of aromatic nitrogens is 2. The van der Waals surface area contributed by atoms with E-state index >= 15 is 0 Å². The Labute approximate surface area is 145 Å². The molecule has 3 N–H and O–H groups in total. The Morgan fingerprint density at radius 2 is 1.92 bits per heavy atom. The van der Waals surface area contributed by atoms with E-state index in [1.807, 2.05) is 0 Å². The molecule has 9 heteroatoms. The quantitative estimate of drug-likeness (QED) is 0.564. The van der Waals surface area contributed by atoms with Gasteiger partial charge < -0.3 is 10.1 Å². The van der Waals surface area contributed by atoms with Crippen molar-refractivity contribution in [3.63, 3.8) is 0 Å². The highest BCUT2D eigenvalue weighted by Crippen LogP contribution is 2.26. The Balaban J connectivity index is 2.04. The number of hydrogen-bond acceptors (Lipinski definition) is 5. The first-order chi connectivity index (χ1) is 11.4. The van der Waals surface area contributed by atoms with E-state index in [1.165, 1.54) is 11.1 Å². The number of halogens is 1.